The van der Waals surface area contributed by atoms with E-state index in [-0.39, 0.29) is 0 Å². The summed E-state index contributed by atoms with van der Waals surface area (Å²) in [7, 11) is -2.70. The van der Waals surface area contributed by atoms with Gasteiger partial charge in [-0.15, -0.1) is 0 Å². The molecule has 268 valence electrons. The summed E-state index contributed by atoms with van der Waals surface area (Å²) in [6.45, 7) is 0. The molecule has 0 aliphatic carbocycles. The Morgan fingerprint density at radius 3 is 1.51 bits per heavy atom. The maximum absolute atomic E-state index is 2.70. The molecule has 11 rings (SSSR count). The first kappa shape index (κ1) is 33.2. The Kier molecular flexibility index (Phi) is 7.87. The molecular weight excluding hydrogens is 705 g/mol. The van der Waals surface area contributed by atoms with Crippen molar-refractivity contribution in [2.45, 2.75) is 0 Å². The Balaban J connectivity index is 1.18. The number of hydrogen-bond acceptors (Lipinski definition) is 1. The van der Waals surface area contributed by atoms with Crippen LogP contribution in [0.25, 0.3) is 49.0 Å². The summed E-state index contributed by atoms with van der Waals surface area (Å²) in [5.41, 5.74) is 6.96. The van der Waals surface area contributed by atoms with Crippen molar-refractivity contribution in [2.75, 3.05) is 4.90 Å². The molecule has 0 unspecified atom stereocenters. The Morgan fingerprint density at radius 2 is 0.842 bits per heavy atom. The molecule has 11 aromatic rings. The molecule has 10 aromatic carbocycles. The second kappa shape index (κ2) is 13.5. The van der Waals surface area contributed by atoms with Crippen LogP contribution in [0.2, 0.25) is 0 Å². The molecule has 1 heterocycles. The zero-order chi connectivity index (χ0) is 37.8. The lowest BCUT2D eigenvalue weighted by molar-refractivity contribution is 1.18. The number of benzene rings is 10. The number of anilines is 3. The van der Waals surface area contributed by atoms with E-state index in [2.05, 4.69) is 240 Å². The van der Waals surface area contributed by atoms with Crippen LogP contribution in [0.5, 0.6) is 0 Å². The third kappa shape index (κ3) is 5.24. The zero-order valence-corrected chi connectivity index (χ0v) is 32.3. The summed E-state index contributed by atoms with van der Waals surface area (Å²) in [6.07, 6.45) is 0. The molecule has 0 saturated carbocycles. The number of fused-ring (bicyclic) bond motifs is 1. The van der Waals surface area contributed by atoms with Gasteiger partial charge in [-0.25, -0.2) is 0 Å². The number of aromatic nitrogens is 1. The summed E-state index contributed by atoms with van der Waals surface area (Å²) in [5, 5.41) is 13.0. The summed E-state index contributed by atoms with van der Waals surface area (Å²) in [6, 6.07) is 85.2. The summed E-state index contributed by atoms with van der Waals surface area (Å²) in [4.78, 5) is 2.47. The minimum absolute atomic E-state index is 1.11. The second-order valence-corrected chi connectivity index (χ2v) is 18.7. The first-order valence-corrected chi connectivity index (χ1v) is 21.7. The maximum atomic E-state index is 2.47. The molecule has 0 radical (unpaired) electrons. The normalized spacial score (nSPS) is 11.9. The minimum atomic E-state index is -2.70. The second-order valence-electron chi connectivity index (χ2n) is 14.9. The van der Waals surface area contributed by atoms with E-state index in [4.69, 9.17) is 0 Å². The zero-order valence-electron chi connectivity index (χ0n) is 31.3. The van der Waals surface area contributed by atoms with Crippen LogP contribution >= 0.6 is 0 Å². The highest BCUT2D eigenvalue weighted by molar-refractivity contribution is 7.19. The first-order chi connectivity index (χ1) is 28.3. The average molecular weight is 743 g/mol. The summed E-state index contributed by atoms with van der Waals surface area (Å²) in [5.74, 6) is 0. The van der Waals surface area contributed by atoms with Gasteiger partial charge >= 0.3 is 0 Å². The van der Waals surface area contributed by atoms with Crippen molar-refractivity contribution in [1.82, 2.24) is 4.57 Å². The lowest BCUT2D eigenvalue weighted by Crippen LogP contribution is -2.74. The number of rotatable bonds is 8. The van der Waals surface area contributed by atoms with Gasteiger partial charge in [-0.3, -0.25) is 0 Å². The number of para-hydroxylation sites is 1. The number of nitrogens with zero attached hydrogens (tertiary/aromatic N) is 2. The van der Waals surface area contributed by atoms with E-state index in [0.29, 0.717) is 0 Å². The van der Waals surface area contributed by atoms with Crippen LogP contribution < -0.4 is 25.6 Å². The third-order valence-electron chi connectivity index (χ3n) is 11.8. The smallest absolute Gasteiger partial charge is 0.179 e. The molecule has 0 saturated heterocycles. The van der Waals surface area contributed by atoms with E-state index in [1.807, 2.05) is 0 Å². The summed E-state index contributed by atoms with van der Waals surface area (Å²) >= 11 is 0. The van der Waals surface area contributed by atoms with E-state index in [0.717, 1.165) is 22.7 Å². The molecule has 0 fully saturated rings. The molecule has 3 heteroatoms. The van der Waals surface area contributed by atoms with Crippen molar-refractivity contribution in [3.05, 3.63) is 231 Å². The van der Waals surface area contributed by atoms with Gasteiger partial charge in [0.25, 0.3) is 0 Å². The first-order valence-electron chi connectivity index (χ1n) is 19.7. The number of hydrogen-bond donors (Lipinski definition) is 0. The van der Waals surface area contributed by atoms with Crippen molar-refractivity contribution in [3.63, 3.8) is 0 Å². The van der Waals surface area contributed by atoms with Crippen LogP contribution in [0, 0.1) is 0 Å². The predicted molar refractivity (Wildman–Crippen MR) is 245 cm³/mol. The Labute approximate surface area is 333 Å². The highest BCUT2D eigenvalue weighted by atomic mass is 28.3. The Hall–Kier alpha value is -7.20. The van der Waals surface area contributed by atoms with Gasteiger partial charge in [0.15, 0.2) is 8.07 Å². The van der Waals surface area contributed by atoms with Crippen LogP contribution in [0.3, 0.4) is 0 Å². The van der Waals surface area contributed by atoms with Gasteiger partial charge in [0.05, 0.1) is 16.7 Å². The fourth-order valence-corrected chi connectivity index (χ4v) is 14.2. The van der Waals surface area contributed by atoms with Gasteiger partial charge in [-0.2, -0.15) is 0 Å². The van der Waals surface area contributed by atoms with Crippen LogP contribution in [0.4, 0.5) is 17.1 Å². The molecule has 0 aliphatic rings. The van der Waals surface area contributed by atoms with Crippen LogP contribution in [0.15, 0.2) is 231 Å². The Morgan fingerprint density at radius 1 is 0.333 bits per heavy atom. The lowest BCUT2D eigenvalue weighted by Gasteiger charge is -2.35. The van der Waals surface area contributed by atoms with E-state index in [1.54, 1.807) is 0 Å². The molecule has 57 heavy (non-hydrogen) atoms. The van der Waals surface area contributed by atoms with Crippen LogP contribution in [-0.2, 0) is 0 Å². The van der Waals surface area contributed by atoms with E-state index >= 15 is 0 Å². The third-order valence-corrected chi connectivity index (χ3v) is 16.6. The minimum Gasteiger partial charge on any atom is -0.310 e. The molecular formula is C54H38N2Si. The average Bonchev–Trinajstić information content (AvgIpc) is 3.63. The standard InChI is InChI=1S/C54H38N2Si/c1-5-20-42(21-6-1)56-51-30-16-19-40-31-32-41-37-44(38-52(56)54(41)53(40)51)55(50-29-15-18-39-17-13-14-28-49(39)50)43-33-35-48(36-34-43)57(45-22-7-2-8-23-45,46-24-9-3-10-25-46)47-26-11-4-12-27-47/h1-38H. The van der Waals surface area contributed by atoms with E-state index in [9.17, 15) is 0 Å². The molecule has 0 spiro atoms. The fourth-order valence-electron chi connectivity index (χ4n) is 9.42. The van der Waals surface area contributed by atoms with Gasteiger partial charge in [-0.05, 0) is 85.4 Å². The quantitative estimate of drug-likeness (QED) is 0.0855. The fraction of sp³-hybridized carbons (Fsp3) is 0. The van der Waals surface area contributed by atoms with Crippen molar-refractivity contribution in [1.29, 1.82) is 0 Å². The Bertz CT molecular complexity index is 3050. The van der Waals surface area contributed by atoms with Crippen molar-refractivity contribution >= 4 is 89.2 Å². The molecule has 0 amide bonds. The summed E-state index contributed by atoms with van der Waals surface area (Å²) < 4.78 is 2.44. The molecule has 0 bridgehead atoms. The molecule has 0 aliphatic heterocycles. The largest absolute Gasteiger partial charge is 0.310 e. The topological polar surface area (TPSA) is 8.17 Å². The molecule has 1 aromatic heterocycles. The van der Waals surface area contributed by atoms with Crippen molar-refractivity contribution in [2.24, 2.45) is 0 Å². The van der Waals surface area contributed by atoms with Gasteiger partial charge in [0, 0.05) is 33.2 Å². The molecule has 0 atom stereocenters. The molecule has 0 N–H and O–H groups in total. The van der Waals surface area contributed by atoms with E-state index < -0.39 is 8.07 Å². The SMILES string of the molecule is c1ccc(-n2c3cccc4ccc5cc(N(c6ccc([Si](c7ccccc7)(c7ccccc7)c7ccccc7)cc6)c6cccc7ccccc67)cc2c5c43)cc1. The molecule has 2 nitrogen and oxygen atoms in total. The van der Waals surface area contributed by atoms with Crippen molar-refractivity contribution < 1.29 is 0 Å². The van der Waals surface area contributed by atoms with Crippen molar-refractivity contribution in [3.8, 4) is 5.69 Å². The van der Waals surface area contributed by atoms with Crippen LogP contribution in [0.1, 0.15) is 0 Å². The van der Waals surface area contributed by atoms with Gasteiger partial charge < -0.3 is 9.47 Å². The highest BCUT2D eigenvalue weighted by Gasteiger charge is 2.41. The monoisotopic (exact) mass is 742 g/mol. The van der Waals surface area contributed by atoms with Gasteiger partial charge in [0.2, 0.25) is 0 Å². The van der Waals surface area contributed by atoms with Gasteiger partial charge in [-0.1, -0.05) is 182 Å². The van der Waals surface area contributed by atoms with E-state index in [1.165, 1.54) is 64.1 Å². The van der Waals surface area contributed by atoms with Crippen LogP contribution in [-0.4, -0.2) is 12.6 Å². The predicted octanol–water partition coefficient (Wildman–Crippen LogP) is 11.4. The highest BCUT2D eigenvalue weighted by Crippen LogP contribution is 2.45. The lowest BCUT2D eigenvalue weighted by atomic mass is 10.0. The maximum Gasteiger partial charge on any atom is 0.179 e. The van der Waals surface area contributed by atoms with Gasteiger partial charge in [0.1, 0.15) is 0 Å².